The van der Waals surface area contributed by atoms with Crippen LogP contribution in [0.25, 0.3) is 0 Å². The summed E-state index contributed by atoms with van der Waals surface area (Å²) in [7, 11) is 0. The molecule has 0 saturated carbocycles. The summed E-state index contributed by atoms with van der Waals surface area (Å²) >= 11 is 12.2. The van der Waals surface area contributed by atoms with Crippen molar-refractivity contribution in [3.8, 4) is 0 Å². The molecule has 20 heavy (non-hydrogen) atoms. The molecule has 1 unspecified atom stereocenters. The lowest BCUT2D eigenvalue weighted by Crippen LogP contribution is -2.38. The molecule has 0 amide bonds. The first-order valence-electron chi connectivity index (χ1n) is 6.48. The average molecular weight is 313 g/mol. The summed E-state index contributed by atoms with van der Waals surface area (Å²) in [4.78, 5) is 3.78. The third kappa shape index (κ3) is 3.47. The van der Waals surface area contributed by atoms with E-state index in [0.29, 0.717) is 22.0 Å². The van der Waals surface area contributed by atoms with Crippen LogP contribution in [0.4, 0.5) is 0 Å². The van der Waals surface area contributed by atoms with Gasteiger partial charge in [-0.3, -0.25) is 0 Å². The summed E-state index contributed by atoms with van der Waals surface area (Å²) in [6.07, 6.45) is 6.46. The number of halogens is 2. The molecule has 0 spiro atoms. The molecule has 106 valence electrons. The first-order valence-corrected chi connectivity index (χ1v) is 7.24. The Morgan fingerprint density at radius 1 is 1.40 bits per heavy atom. The topological polar surface area (TPSA) is 48.2 Å². The molecule has 0 bridgehead atoms. The Bertz CT molecular complexity index is 521. The Labute approximate surface area is 128 Å². The molecule has 1 atom stereocenters. The van der Waals surface area contributed by atoms with E-state index in [0.717, 1.165) is 12.8 Å². The van der Waals surface area contributed by atoms with E-state index < -0.39 is 5.60 Å². The number of aliphatic imine (C=N–C) groups is 1. The van der Waals surface area contributed by atoms with Crippen molar-refractivity contribution >= 4 is 35.9 Å². The molecule has 0 aliphatic carbocycles. The van der Waals surface area contributed by atoms with Gasteiger partial charge in [0.2, 0.25) is 0 Å². The van der Waals surface area contributed by atoms with E-state index >= 15 is 0 Å². The molecule has 2 rings (SSSR count). The highest BCUT2D eigenvalue weighted by Gasteiger charge is 2.35. The van der Waals surface area contributed by atoms with Crippen molar-refractivity contribution in [3.63, 3.8) is 0 Å². The van der Waals surface area contributed by atoms with Crippen LogP contribution in [-0.2, 0) is 5.60 Å². The molecule has 4 nitrogen and oxygen atoms in total. The fraction of sp³-hybridized carbons (Fsp3) is 0.429. The van der Waals surface area contributed by atoms with Gasteiger partial charge in [0.05, 0.1) is 6.54 Å². The largest absolute Gasteiger partial charge is 0.383 e. The zero-order valence-electron chi connectivity index (χ0n) is 11.2. The zero-order valence-corrected chi connectivity index (χ0v) is 12.7. The van der Waals surface area contributed by atoms with Crippen LogP contribution in [0.1, 0.15) is 31.7 Å². The maximum absolute atomic E-state index is 11.0. The number of aliphatic hydroxyl groups is 1. The van der Waals surface area contributed by atoms with Crippen molar-refractivity contribution in [3.05, 3.63) is 33.8 Å². The number of benzene rings is 1. The molecule has 1 N–H and O–H groups in total. The lowest BCUT2D eigenvalue weighted by Gasteiger charge is -2.30. The smallest absolute Gasteiger partial charge is 0.371 e. The lowest BCUT2D eigenvalue weighted by molar-refractivity contribution is 0.00720. The van der Waals surface area contributed by atoms with Crippen molar-refractivity contribution in [1.82, 2.24) is 5.01 Å². The molecule has 1 aliphatic heterocycles. The van der Waals surface area contributed by atoms with Gasteiger partial charge in [0.15, 0.2) is 0 Å². The van der Waals surface area contributed by atoms with Gasteiger partial charge in [0.1, 0.15) is 5.60 Å². The highest BCUT2D eigenvalue weighted by molar-refractivity contribution is 6.35. The highest BCUT2D eigenvalue weighted by atomic mass is 35.5. The summed E-state index contributed by atoms with van der Waals surface area (Å²) < 4.78 is 0. The Balaban J connectivity index is 2.29. The van der Waals surface area contributed by atoms with E-state index in [2.05, 4.69) is 23.4 Å². The van der Waals surface area contributed by atoms with E-state index in [1.54, 1.807) is 23.2 Å². The van der Waals surface area contributed by atoms with Crippen molar-refractivity contribution in [2.45, 2.75) is 31.8 Å². The maximum Gasteiger partial charge on any atom is 0.371 e. The molecular formula is C14H16Cl2N3O+. The second-order valence-electron chi connectivity index (χ2n) is 4.80. The standard InChI is InChI=1S/C14H16Cl2N3O/c1-2-3-6-14(20,8-19-10-17-9-18-19)12-5-4-11(15)7-13(12)16/h4-5,7,10,20H,2-3,6,8H2,1H3/q+1. The van der Waals surface area contributed by atoms with Crippen LogP contribution < -0.4 is 0 Å². The van der Waals surface area contributed by atoms with Crippen LogP contribution in [0.3, 0.4) is 0 Å². The monoisotopic (exact) mass is 312 g/mol. The lowest BCUT2D eigenvalue weighted by atomic mass is 9.88. The van der Waals surface area contributed by atoms with Crippen LogP contribution in [-0.4, -0.2) is 29.3 Å². The van der Waals surface area contributed by atoms with Crippen LogP contribution in [0, 0.1) is 0 Å². The number of unbranched alkanes of at least 4 members (excludes halogenated alkanes) is 1. The number of β-amino-alcohol motifs (C(OH)–C–C–N with tert-alkyl or cyclic N) is 1. The minimum atomic E-state index is -1.10. The normalized spacial score (nSPS) is 16.3. The Kier molecular flexibility index (Phi) is 4.95. The molecule has 6 heteroatoms. The summed E-state index contributed by atoms with van der Waals surface area (Å²) in [6, 6.07) is 5.14. The fourth-order valence-electron chi connectivity index (χ4n) is 2.18. The van der Waals surface area contributed by atoms with Gasteiger partial charge >= 0.3 is 6.34 Å². The first-order chi connectivity index (χ1) is 9.55. The zero-order chi connectivity index (χ0) is 14.6. The predicted octanol–water partition coefficient (Wildman–Crippen LogP) is 3.54. The highest BCUT2D eigenvalue weighted by Crippen LogP contribution is 2.35. The average Bonchev–Trinajstić information content (AvgIpc) is 2.88. The van der Waals surface area contributed by atoms with E-state index in [9.17, 15) is 5.11 Å². The van der Waals surface area contributed by atoms with Crippen LogP contribution >= 0.6 is 23.2 Å². The Hall–Kier alpha value is -1.19. The minimum absolute atomic E-state index is 0.283. The molecule has 0 fully saturated rings. The van der Waals surface area contributed by atoms with Gasteiger partial charge in [-0.05, 0) is 18.6 Å². The van der Waals surface area contributed by atoms with Crippen molar-refractivity contribution < 1.29 is 5.11 Å². The van der Waals surface area contributed by atoms with Crippen LogP contribution in [0.5, 0.6) is 0 Å². The number of hydrogen-bond acceptors (Lipinski definition) is 4. The van der Waals surface area contributed by atoms with Gasteiger partial charge < -0.3 is 5.11 Å². The SMILES string of the molecule is CCCCC(O)(CN1C=N[C+]=N1)c1ccc(Cl)cc1Cl. The van der Waals surface area contributed by atoms with Crippen LogP contribution in [0.15, 0.2) is 28.3 Å². The van der Waals surface area contributed by atoms with Crippen molar-refractivity contribution in [2.75, 3.05) is 6.54 Å². The number of hydrogen-bond donors (Lipinski definition) is 1. The van der Waals surface area contributed by atoms with E-state index in [-0.39, 0.29) is 6.54 Å². The number of nitrogens with zero attached hydrogens (tertiary/aromatic N) is 3. The second kappa shape index (κ2) is 6.51. The molecular weight excluding hydrogens is 297 g/mol. The van der Waals surface area contributed by atoms with Crippen LogP contribution in [0.2, 0.25) is 10.0 Å². The molecule has 0 radical (unpaired) electrons. The summed E-state index contributed by atoms with van der Waals surface area (Å²) in [6.45, 7) is 2.36. The molecule has 1 heterocycles. The van der Waals surface area contributed by atoms with E-state index in [1.165, 1.54) is 6.34 Å². The number of hydrazone groups is 1. The molecule has 0 saturated heterocycles. The van der Waals surface area contributed by atoms with E-state index in [4.69, 9.17) is 23.2 Å². The predicted molar refractivity (Wildman–Crippen MR) is 82.5 cm³/mol. The summed E-state index contributed by atoms with van der Waals surface area (Å²) in [5.74, 6) is 0. The quantitative estimate of drug-likeness (QED) is 0.817. The van der Waals surface area contributed by atoms with Gasteiger partial charge in [0, 0.05) is 25.7 Å². The summed E-state index contributed by atoms with van der Waals surface area (Å²) in [5, 5.41) is 17.5. The second-order valence-corrected chi connectivity index (χ2v) is 5.65. The molecule has 1 aliphatic rings. The fourth-order valence-corrected chi connectivity index (χ4v) is 2.77. The first kappa shape index (κ1) is 15.2. The van der Waals surface area contributed by atoms with Crippen molar-refractivity contribution in [1.29, 1.82) is 0 Å². The summed E-state index contributed by atoms with van der Waals surface area (Å²) in [5.41, 5.74) is -0.438. The Morgan fingerprint density at radius 3 is 2.80 bits per heavy atom. The van der Waals surface area contributed by atoms with Gasteiger partial charge in [0.25, 0.3) is 6.34 Å². The van der Waals surface area contributed by atoms with Gasteiger partial charge in [-0.15, -0.1) is 5.01 Å². The molecule has 1 aromatic carbocycles. The Morgan fingerprint density at radius 2 is 2.20 bits per heavy atom. The van der Waals surface area contributed by atoms with Crippen molar-refractivity contribution in [2.24, 2.45) is 10.1 Å². The van der Waals surface area contributed by atoms with Gasteiger partial charge in [-0.1, -0.05) is 49.0 Å². The van der Waals surface area contributed by atoms with E-state index in [1.807, 2.05) is 0 Å². The molecule has 0 aromatic heterocycles. The van der Waals surface area contributed by atoms with Gasteiger partial charge in [-0.2, -0.15) is 0 Å². The molecule has 1 aromatic rings. The minimum Gasteiger partial charge on any atom is -0.383 e. The third-order valence-electron chi connectivity index (χ3n) is 3.22. The third-order valence-corrected chi connectivity index (χ3v) is 3.77. The van der Waals surface area contributed by atoms with Gasteiger partial charge in [-0.25, -0.2) is 0 Å². The number of rotatable bonds is 6. The maximum atomic E-state index is 11.0.